The van der Waals surface area contributed by atoms with Gasteiger partial charge in [0.05, 0.1) is 6.61 Å². The zero-order valence-corrected chi connectivity index (χ0v) is 12.6. The normalized spacial score (nSPS) is 37.5. The molecule has 0 radical (unpaired) electrons. The lowest BCUT2D eigenvalue weighted by Crippen LogP contribution is -2.48. The molecule has 118 valence electrons. The Morgan fingerprint density at radius 3 is 2.55 bits per heavy atom. The van der Waals surface area contributed by atoms with Crippen LogP contribution in [0.3, 0.4) is 0 Å². The molecule has 3 aliphatic rings. The third-order valence-electron chi connectivity index (χ3n) is 5.33. The first kappa shape index (κ1) is 14.2. The van der Waals surface area contributed by atoms with Gasteiger partial charge in [-0.25, -0.2) is 0 Å². The van der Waals surface area contributed by atoms with Crippen LogP contribution in [0, 0.1) is 0 Å². The van der Waals surface area contributed by atoms with Crippen LogP contribution in [0.5, 0.6) is 0 Å². The van der Waals surface area contributed by atoms with Crippen molar-refractivity contribution in [3.05, 3.63) is 35.9 Å². The summed E-state index contributed by atoms with van der Waals surface area (Å²) in [6, 6.07) is 10.1. The van der Waals surface area contributed by atoms with Crippen molar-refractivity contribution in [3.63, 3.8) is 0 Å². The Kier molecular flexibility index (Phi) is 3.44. The molecule has 2 bridgehead atoms. The lowest BCUT2D eigenvalue weighted by molar-refractivity contribution is -0.156. The molecule has 5 atom stereocenters. The number of ether oxygens (including phenoxy) is 2. The average molecular weight is 303 g/mol. The Bertz CT molecular complexity index is 545. The molecule has 0 aliphatic carbocycles. The lowest BCUT2D eigenvalue weighted by Gasteiger charge is -2.38. The molecule has 0 saturated carbocycles. The summed E-state index contributed by atoms with van der Waals surface area (Å²) in [7, 11) is 2.13. The molecule has 22 heavy (non-hydrogen) atoms. The van der Waals surface area contributed by atoms with Gasteiger partial charge in [0, 0.05) is 24.9 Å². The summed E-state index contributed by atoms with van der Waals surface area (Å²) in [5.74, 6) is -0.915. The van der Waals surface area contributed by atoms with Gasteiger partial charge in [-0.05, 0) is 12.6 Å². The molecule has 4 rings (SSSR count). The smallest absolute Gasteiger partial charge is 0.316 e. The molecule has 1 aromatic carbocycles. The van der Waals surface area contributed by atoms with Gasteiger partial charge < -0.3 is 14.6 Å². The van der Waals surface area contributed by atoms with E-state index in [4.69, 9.17) is 9.47 Å². The van der Waals surface area contributed by atoms with E-state index in [1.807, 2.05) is 30.3 Å². The molecule has 3 aliphatic heterocycles. The first-order chi connectivity index (χ1) is 10.7. The maximum absolute atomic E-state index is 12.4. The highest BCUT2D eigenvalue weighted by Crippen LogP contribution is 2.48. The Labute approximate surface area is 129 Å². The first-order valence-corrected chi connectivity index (χ1v) is 7.92. The van der Waals surface area contributed by atoms with Gasteiger partial charge >= 0.3 is 5.97 Å². The quantitative estimate of drug-likeness (QED) is 0.662. The number of carbonyl (C=O) groups excluding carboxylic acids is 1. The van der Waals surface area contributed by atoms with E-state index in [9.17, 15) is 9.90 Å². The third kappa shape index (κ3) is 2.24. The highest BCUT2D eigenvalue weighted by Gasteiger charge is 2.62. The van der Waals surface area contributed by atoms with E-state index in [1.165, 1.54) is 0 Å². The zero-order valence-electron chi connectivity index (χ0n) is 12.6. The molecule has 3 heterocycles. The van der Waals surface area contributed by atoms with Crippen molar-refractivity contribution in [2.24, 2.45) is 0 Å². The molecule has 5 heteroatoms. The number of piperidine rings is 1. The van der Waals surface area contributed by atoms with Crippen LogP contribution in [0.4, 0.5) is 0 Å². The van der Waals surface area contributed by atoms with Crippen molar-refractivity contribution in [2.45, 2.75) is 49.2 Å². The van der Waals surface area contributed by atoms with Gasteiger partial charge in [-0.3, -0.25) is 9.69 Å². The largest absolute Gasteiger partial charge is 0.462 e. The van der Waals surface area contributed by atoms with Crippen molar-refractivity contribution in [2.75, 3.05) is 13.7 Å². The minimum absolute atomic E-state index is 0.0622. The number of benzene rings is 1. The van der Waals surface area contributed by atoms with Crippen molar-refractivity contribution in [3.8, 4) is 0 Å². The highest BCUT2D eigenvalue weighted by atomic mass is 16.6. The number of rotatable bonds is 4. The van der Waals surface area contributed by atoms with Crippen LogP contribution in [-0.2, 0) is 14.3 Å². The number of likely N-dealkylation sites (N-methyl/N-ethyl adjacent to an activating group) is 1. The summed E-state index contributed by atoms with van der Waals surface area (Å²) in [5.41, 5.74) is 0.803. The number of hydrogen-bond acceptors (Lipinski definition) is 5. The molecule has 1 N–H and O–H groups in total. The number of morpholine rings is 1. The Morgan fingerprint density at radius 1 is 1.32 bits per heavy atom. The summed E-state index contributed by atoms with van der Waals surface area (Å²) in [5, 5.41) is 9.56. The molecule has 3 fully saturated rings. The topological polar surface area (TPSA) is 62.3 Å². The number of epoxide rings is 1. The van der Waals surface area contributed by atoms with E-state index < -0.39 is 5.92 Å². The summed E-state index contributed by atoms with van der Waals surface area (Å²) in [6.45, 7) is -0.226. The average Bonchev–Trinajstić information content (AvgIpc) is 3.27. The fourth-order valence-electron chi connectivity index (χ4n) is 4.04. The summed E-state index contributed by atoms with van der Waals surface area (Å²) in [6.07, 6.45) is 2.26. The van der Waals surface area contributed by atoms with Gasteiger partial charge in [0.15, 0.2) is 0 Å². The van der Waals surface area contributed by atoms with E-state index >= 15 is 0 Å². The van der Waals surface area contributed by atoms with Crippen LogP contribution in [0.2, 0.25) is 0 Å². The molecule has 0 amide bonds. The Balaban J connectivity index is 1.42. The van der Waals surface area contributed by atoms with E-state index in [2.05, 4.69) is 11.9 Å². The predicted octanol–water partition coefficient (Wildman–Crippen LogP) is 0.918. The van der Waals surface area contributed by atoms with Crippen molar-refractivity contribution >= 4 is 5.97 Å². The zero-order chi connectivity index (χ0) is 15.3. The molecule has 3 saturated heterocycles. The fraction of sp³-hybridized carbons (Fsp3) is 0.588. The summed E-state index contributed by atoms with van der Waals surface area (Å²) < 4.78 is 11.4. The van der Waals surface area contributed by atoms with E-state index in [0.717, 1.165) is 18.4 Å². The molecular weight excluding hydrogens is 282 g/mol. The van der Waals surface area contributed by atoms with Gasteiger partial charge in [0.1, 0.15) is 24.2 Å². The molecule has 0 unspecified atom stereocenters. The first-order valence-electron chi connectivity index (χ1n) is 7.92. The fourth-order valence-corrected chi connectivity index (χ4v) is 4.04. The predicted molar refractivity (Wildman–Crippen MR) is 79.4 cm³/mol. The molecule has 0 spiro atoms. The van der Waals surface area contributed by atoms with Crippen LogP contribution in [0.15, 0.2) is 30.3 Å². The van der Waals surface area contributed by atoms with Crippen molar-refractivity contribution in [1.82, 2.24) is 4.90 Å². The summed E-state index contributed by atoms with van der Waals surface area (Å²) >= 11 is 0. The number of fused-ring (bicyclic) bond motifs is 5. The third-order valence-corrected chi connectivity index (χ3v) is 5.33. The van der Waals surface area contributed by atoms with Crippen molar-refractivity contribution in [1.29, 1.82) is 0 Å². The second kappa shape index (κ2) is 5.33. The Hall–Kier alpha value is -1.43. The maximum Gasteiger partial charge on any atom is 0.316 e. The number of nitrogens with zero attached hydrogens (tertiary/aromatic N) is 1. The molecule has 1 aromatic rings. The molecule has 0 aromatic heterocycles. The van der Waals surface area contributed by atoms with E-state index in [1.54, 1.807) is 0 Å². The second-order valence-electron chi connectivity index (χ2n) is 6.54. The van der Waals surface area contributed by atoms with Crippen LogP contribution < -0.4 is 0 Å². The second-order valence-corrected chi connectivity index (χ2v) is 6.54. The maximum atomic E-state index is 12.4. The molecular formula is C17H21NO4. The van der Waals surface area contributed by atoms with Crippen LogP contribution in [0.1, 0.15) is 24.3 Å². The highest BCUT2D eigenvalue weighted by molar-refractivity contribution is 5.78. The minimum Gasteiger partial charge on any atom is -0.462 e. The number of hydrogen-bond donors (Lipinski definition) is 1. The van der Waals surface area contributed by atoms with Gasteiger partial charge in [0.25, 0.3) is 0 Å². The molecule has 5 nitrogen and oxygen atoms in total. The van der Waals surface area contributed by atoms with E-state index in [-0.39, 0.29) is 18.7 Å². The van der Waals surface area contributed by atoms with E-state index in [0.29, 0.717) is 24.3 Å². The summed E-state index contributed by atoms with van der Waals surface area (Å²) in [4.78, 5) is 14.8. The van der Waals surface area contributed by atoms with Crippen molar-refractivity contribution < 1.29 is 19.4 Å². The number of esters is 1. The van der Waals surface area contributed by atoms with Crippen LogP contribution in [-0.4, -0.2) is 60.0 Å². The number of aliphatic hydroxyl groups is 1. The van der Waals surface area contributed by atoms with Crippen LogP contribution in [0.25, 0.3) is 0 Å². The number of aliphatic hydroxyl groups excluding tert-OH is 1. The van der Waals surface area contributed by atoms with Gasteiger partial charge in [-0.1, -0.05) is 30.3 Å². The SMILES string of the molecule is CN1[C@H]2CC(OC(=O)[C@@H](CO)c3ccccc3)C[C@H]1[C@@H]1O[C@H]12. The van der Waals surface area contributed by atoms with Gasteiger partial charge in [-0.2, -0.15) is 0 Å². The lowest BCUT2D eigenvalue weighted by atomic mass is 9.97. The Morgan fingerprint density at radius 2 is 1.95 bits per heavy atom. The van der Waals surface area contributed by atoms with Crippen LogP contribution >= 0.6 is 0 Å². The monoisotopic (exact) mass is 303 g/mol. The standard InChI is InChI=1S/C17H21NO4/c1-18-13-7-11(8-14(18)16-15(13)22-16)21-17(20)12(9-19)10-5-3-2-4-6-10/h2-6,11-16,19H,7-9H2,1H3/t12-,13-,14-,15-,16-/m0/s1. The minimum atomic E-state index is -0.593. The number of carbonyl (C=O) groups is 1. The van der Waals surface area contributed by atoms with Gasteiger partial charge in [-0.15, -0.1) is 0 Å². The van der Waals surface area contributed by atoms with Gasteiger partial charge in [0.2, 0.25) is 0 Å².